The summed E-state index contributed by atoms with van der Waals surface area (Å²) in [6.07, 6.45) is 4.60. The second-order valence-corrected chi connectivity index (χ2v) is 7.27. The van der Waals surface area contributed by atoms with Gasteiger partial charge >= 0.3 is 0 Å². The van der Waals surface area contributed by atoms with Crippen LogP contribution in [0.15, 0.2) is 30.3 Å². The first-order valence-corrected chi connectivity index (χ1v) is 9.85. The van der Waals surface area contributed by atoms with Crippen molar-refractivity contribution < 1.29 is 19.0 Å². The highest BCUT2D eigenvalue weighted by Crippen LogP contribution is 2.38. The van der Waals surface area contributed by atoms with E-state index >= 15 is 0 Å². The summed E-state index contributed by atoms with van der Waals surface area (Å²) in [6.45, 7) is 0.360. The molecule has 0 bridgehead atoms. The number of aromatic amines is 1. The molecule has 0 atom stereocenters. The van der Waals surface area contributed by atoms with E-state index in [0.29, 0.717) is 29.4 Å². The maximum atomic E-state index is 12.8. The van der Waals surface area contributed by atoms with Crippen LogP contribution in [0.1, 0.15) is 40.0 Å². The zero-order chi connectivity index (χ0) is 20.4. The molecule has 6 nitrogen and oxygen atoms in total. The average Bonchev–Trinajstić information content (AvgIpc) is 3.14. The molecule has 1 aliphatic rings. The number of hydrogen-bond donors (Lipinski definition) is 2. The summed E-state index contributed by atoms with van der Waals surface area (Å²) < 4.78 is 16.1. The minimum Gasteiger partial charge on any atom is -0.493 e. The van der Waals surface area contributed by atoms with Crippen molar-refractivity contribution in [3.63, 3.8) is 0 Å². The molecule has 152 valence electrons. The van der Waals surface area contributed by atoms with Crippen LogP contribution in [0.4, 0.5) is 0 Å². The van der Waals surface area contributed by atoms with Gasteiger partial charge in [0.2, 0.25) is 5.75 Å². The predicted molar refractivity (Wildman–Crippen MR) is 112 cm³/mol. The van der Waals surface area contributed by atoms with Crippen molar-refractivity contribution >= 4 is 16.8 Å². The number of aryl methyl sites for hydroxylation is 2. The molecular weight excluding hydrogens is 368 g/mol. The number of methoxy groups -OCH3 is 3. The second-order valence-electron chi connectivity index (χ2n) is 7.27. The van der Waals surface area contributed by atoms with Crippen LogP contribution in [-0.2, 0) is 19.4 Å². The first-order valence-electron chi connectivity index (χ1n) is 9.85. The molecule has 2 aromatic carbocycles. The molecule has 0 saturated heterocycles. The Morgan fingerprint density at radius 2 is 1.72 bits per heavy atom. The van der Waals surface area contributed by atoms with Crippen molar-refractivity contribution in [1.82, 2.24) is 10.3 Å². The van der Waals surface area contributed by atoms with Crippen molar-refractivity contribution in [3.8, 4) is 17.2 Å². The van der Waals surface area contributed by atoms with Crippen LogP contribution in [0.2, 0.25) is 0 Å². The zero-order valence-electron chi connectivity index (χ0n) is 17.1. The lowest BCUT2D eigenvalue weighted by atomic mass is 9.95. The monoisotopic (exact) mass is 394 g/mol. The van der Waals surface area contributed by atoms with E-state index in [4.69, 9.17) is 14.2 Å². The predicted octanol–water partition coefficient (Wildman–Crippen LogP) is 4.00. The molecular formula is C23H26N2O4. The Hall–Kier alpha value is -3.15. The number of aromatic nitrogens is 1. The number of fused-ring (bicyclic) bond motifs is 3. The Morgan fingerprint density at radius 3 is 2.41 bits per heavy atom. The fourth-order valence-corrected chi connectivity index (χ4v) is 4.07. The molecule has 1 aliphatic carbocycles. The van der Waals surface area contributed by atoms with Gasteiger partial charge in [-0.3, -0.25) is 4.79 Å². The van der Waals surface area contributed by atoms with E-state index in [9.17, 15) is 4.79 Å². The van der Waals surface area contributed by atoms with E-state index in [0.717, 1.165) is 23.9 Å². The van der Waals surface area contributed by atoms with E-state index in [1.165, 1.54) is 29.5 Å². The third-order valence-electron chi connectivity index (χ3n) is 5.54. The fraction of sp³-hybridized carbons (Fsp3) is 0.348. The Kier molecular flexibility index (Phi) is 5.34. The van der Waals surface area contributed by atoms with Gasteiger partial charge in [0.05, 0.1) is 21.3 Å². The molecule has 0 aliphatic heterocycles. The Bertz CT molecular complexity index is 1030. The van der Waals surface area contributed by atoms with Gasteiger partial charge in [-0.05, 0) is 67.1 Å². The number of benzene rings is 2. The number of hydrogen-bond acceptors (Lipinski definition) is 4. The van der Waals surface area contributed by atoms with E-state index in [-0.39, 0.29) is 5.91 Å². The number of carbonyl (C=O) groups is 1. The lowest BCUT2D eigenvalue weighted by molar-refractivity contribution is 0.0951. The maximum Gasteiger partial charge on any atom is 0.251 e. The standard InChI is InChI=1S/C23H26N2O4/c1-27-20-10-14(11-21(28-2)22(20)29-3)13-24-23(26)15-8-9-19-17(12-15)16-6-4-5-7-18(16)25-19/h8-12,25H,4-7,13H2,1-3H3,(H,24,26). The third kappa shape index (κ3) is 3.62. The van der Waals surface area contributed by atoms with Gasteiger partial charge in [0.15, 0.2) is 11.5 Å². The van der Waals surface area contributed by atoms with Crippen LogP contribution in [0.25, 0.3) is 10.9 Å². The maximum absolute atomic E-state index is 12.8. The summed E-state index contributed by atoms with van der Waals surface area (Å²) in [6, 6.07) is 9.55. The summed E-state index contributed by atoms with van der Waals surface area (Å²) in [5.41, 5.74) is 5.33. The van der Waals surface area contributed by atoms with E-state index in [1.54, 1.807) is 21.3 Å². The molecule has 29 heavy (non-hydrogen) atoms. The minimum absolute atomic E-state index is 0.105. The molecule has 1 heterocycles. The molecule has 0 radical (unpaired) electrons. The fourth-order valence-electron chi connectivity index (χ4n) is 4.07. The second kappa shape index (κ2) is 8.07. The Balaban J connectivity index is 1.54. The Morgan fingerprint density at radius 1 is 1.00 bits per heavy atom. The molecule has 1 amide bonds. The molecule has 1 aromatic heterocycles. The van der Waals surface area contributed by atoms with Crippen LogP contribution < -0.4 is 19.5 Å². The molecule has 0 spiro atoms. The van der Waals surface area contributed by atoms with Gasteiger partial charge in [0, 0.05) is 28.7 Å². The summed E-state index contributed by atoms with van der Waals surface area (Å²) in [5.74, 6) is 1.56. The van der Waals surface area contributed by atoms with Crippen LogP contribution in [0.5, 0.6) is 17.2 Å². The molecule has 4 rings (SSSR count). The molecule has 0 saturated carbocycles. The molecule has 0 fully saturated rings. The highest BCUT2D eigenvalue weighted by Gasteiger charge is 2.17. The zero-order valence-corrected chi connectivity index (χ0v) is 17.1. The highest BCUT2D eigenvalue weighted by atomic mass is 16.5. The third-order valence-corrected chi connectivity index (χ3v) is 5.54. The van der Waals surface area contributed by atoms with Crippen LogP contribution in [0.3, 0.4) is 0 Å². The highest BCUT2D eigenvalue weighted by molar-refractivity contribution is 5.99. The lowest BCUT2D eigenvalue weighted by Gasteiger charge is -2.14. The number of ether oxygens (including phenoxy) is 3. The summed E-state index contributed by atoms with van der Waals surface area (Å²) in [7, 11) is 4.72. The topological polar surface area (TPSA) is 72.6 Å². The summed E-state index contributed by atoms with van der Waals surface area (Å²) in [4.78, 5) is 16.3. The van der Waals surface area contributed by atoms with Gasteiger partial charge in [-0.1, -0.05) is 0 Å². The van der Waals surface area contributed by atoms with E-state index in [2.05, 4.69) is 10.3 Å². The molecule has 6 heteroatoms. The molecule has 0 unspecified atom stereocenters. The van der Waals surface area contributed by atoms with Crippen molar-refractivity contribution in [2.45, 2.75) is 32.2 Å². The Labute approximate surface area is 170 Å². The number of H-pyrrole nitrogens is 1. The average molecular weight is 394 g/mol. The van der Waals surface area contributed by atoms with Crippen LogP contribution in [0, 0.1) is 0 Å². The molecule has 2 N–H and O–H groups in total. The largest absolute Gasteiger partial charge is 0.493 e. The van der Waals surface area contributed by atoms with Gasteiger partial charge in [0.1, 0.15) is 0 Å². The van der Waals surface area contributed by atoms with Crippen molar-refractivity contribution in [1.29, 1.82) is 0 Å². The van der Waals surface area contributed by atoms with Gasteiger partial charge in [-0.25, -0.2) is 0 Å². The van der Waals surface area contributed by atoms with Crippen LogP contribution >= 0.6 is 0 Å². The van der Waals surface area contributed by atoms with Gasteiger partial charge < -0.3 is 24.5 Å². The number of amides is 1. The summed E-state index contributed by atoms with van der Waals surface area (Å²) >= 11 is 0. The van der Waals surface area contributed by atoms with Crippen LogP contribution in [-0.4, -0.2) is 32.2 Å². The first-order chi connectivity index (χ1) is 14.1. The first kappa shape index (κ1) is 19.2. The van der Waals surface area contributed by atoms with Gasteiger partial charge in [0.25, 0.3) is 5.91 Å². The number of nitrogens with one attached hydrogen (secondary N) is 2. The van der Waals surface area contributed by atoms with Crippen molar-refractivity contribution in [2.24, 2.45) is 0 Å². The number of rotatable bonds is 6. The van der Waals surface area contributed by atoms with E-state index < -0.39 is 0 Å². The summed E-state index contributed by atoms with van der Waals surface area (Å²) in [5, 5.41) is 4.16. The number of carbonyl (C=O) groups excluding carboxylic acids is 1. The van der Waals surface area contributed by atoms with Gasteiger partial charge in [-0.15, -0.1) is 0 Å². The SMILES string of the molecule is COc1cc(CNC(=O)c2ccc3[nH]c4c(c3c2)CCCC4)cc(OC)c1OC. The minimum atomic E-state index is -0.105. The smallest absolute Gasteiger partial charge is 0.251 e. The van der Waals surface area contributed by atoms with Crippen molar-refractivity contribution in [3.05, 3.63) is 52.7 Å². The normalized spacial score (nSPS) is 13.1. The van der Waals surface area contributed by atoms with Crippen molar-refractivity contribution in [2.75, 3.05) is 21.3 Å². The molecule has 3 aromatic rings. The van der Waals surface area contributed by atoms with E-state index in [1.807, 2.05) is 30.3 Å². The quantitative estimate of drug-likeness (QED) is 0.663. The lowest BCUT2D eigenvalue weighted by Crippen LogP contribution is -2.22. The van der Waals surface area contributed by atoms with Gasteiger partial charge in [-0.2, -0.15) is 0 Å².